The van der Waals surface area contributed by atoms with Crippen molar-refractivity contribution in [2.45, 2.75) is 13.2 Å². The first-order chi connectivity index (χ1) is 8.50. The van der Waals surface area contributed by atoms with Crippen molar-refractivity contribution in [3.05, 3.63) is 47.5 Å². The molecule has 1 atom stereocenters. The average molecular weight is 271 g/mol. The molecule has 0 amide bonds. The lowest BCUT2D eigenvalue weighted by molar-refractivity contribution is -0.323. The molecule has 0 aliphatic heterocycles. The fourth-order valence-corrected chi connectivity index (χ4v) is 1.01. The van der Waals surface area contributed by atoms with Crippen LogP contribution < -0.4 is 0 Å². The molecule has 1 aromatic rings. The van der Waals surface area contributed by atoms with E-state index in [0.29, 0.717) is 5.56 Å². The smallest absolute Gasteiger partial charge is 0.373 e. The molecule has 5 nitrogen and oxygen atoms in total. The van der Waals surface area contributed by atoms with E-state index in [1.54, 1.807) is 30.3 Å². The fraction of sp³-hybridized carbons (Fsp3) is 0.167. The van der Waals surface area contributed by atoms with Crippen LogP contribution in [0.1, 0.15) is 17.3 Å². The first kappa shape index (κ1) is 14.2. The number of esters is 1. The average Bonchev–Trinajstić information content (AvgIpc) is 2.36. The fourth-order valence-electron chi connectivity index (χ4n) is 0.968. The third-order valence-corrected chi connectivity index (χ3v) is 1.92. The highest BCUT2D eigenvalue weighted by molar-refractivity contribution is 6.40. The van der Waals surface area contributed by atoms with Gasteiger partial charge in [0.05, 0.1) is 5.56 Å². The van der Waals surface area contributed by atoms with Gasteiger partial charge in [-0.2, -0.15) is 0 Å². The number of halogens is 1. The summed E-state index contributed by atoms with van der Waals surface area (Å²) in [6, 6.07) is 8.23. The summed E-state index contributed by atoms with van der Waals surface area (Å²) in [5.74, 6) is -1.54. The Labute approximate surface area is 109 Å². The highest BCUT2D eigenvalue weighted by Gasteiger charge is 2.15. The molecule has 0 aromatic heterocycles. The maximum atomic E-state index is 11.4. The quantitative estimate of drug-likeness (QED) is 0.270. The second kappa shape index (κ2) is 6.78. The normalized spacial score (nSPS) is 11.4. The molecular formula is C12H11ClO5. The van der Waals surface area contributed by atoms with Crippen LogP contribution in [-0.2, 0) is 19.3 Å². The van der Waals surface area contributed by atoms with Gasteiger partial charge in [0.1, 0.15) is 5.03 Å². The number of rotatable bonds is 5. The summed E-state index contributed by atoms with van der Waals surface area (Å²) in [6.07, 6.45) is -1.08. The van der Waals surface area contributed by atoms with Gasteiger partial charge in [-0.15, -0.1) is 4.89 Å². The minimum absolute atomic E-state index is 0.292. The molecule has 0 heterocycles. The molecule has 0 saturated carbocycles. The lowest BCUT2D eigenvalue weighted by atomic mass is 10.2. The van der Waals surface area contributed by atoms with Gasteiger partial charge >= 0.3 is 11.9 Å². The Balaban J connectivity index is 2.39. The summed E-state index contributed by atoms with van der Waals surface area (Å²) >= 11 is 5.30. The molecule has 6 heteroatoms. The molecule has 1 rings (SSSR count). The molecule has 0 aliphatic carbocycles. The van der Waals surface area contributed by atoms with Gasteiger partial charge in [-0.25, -0.2) is 9.59 Å². The molecular weight excluding hydrogens is 260 g/mol. The first-order valence-corrected chi connectivity index (χ1v) is 5.36. The number of benzene rings is 1. The van der Waals surface area contributed by atoms with Crippen LogP contribution in [0.15, 0.2) is 41.9 Å². The Bertz CT molecular complexity index is 443. The molecule has 0 saturated heterocycles. The maximum absolute atomic E-state index is 11.4. The third-order valence-electron chi connectivity index (χ3n) is 1.76. The minimum Gasteiger partial charge on any atom is -0.428 e. The summed E-state index contributed by atoms with van der Waals surface area (Å²) in [6.45, 7) is 4.55. The molecule has 1 unspecified atom stereocenters. The van der Waals surface area contributed by atoms with E-state index in [0.717, 1.165) is 0 Å². The third kappa shape index (κ3) is 4.57. The zero-order valence-electron chi connectivity index (χ0n) is 9.59. The van der Waals surface area contributed by atoms with Crippen LogP contribution in [0.2, 0.25) is 0 Å². The van der Waals surface area contributed by atoms with Crippen molar-refractivity contribution in [1.29, 1.82) is 0 Å². The van der Waals surface area contributed by atoms with Crippen molar-refractivity contribution in [3.8, 4) is 0 Å². The summed E-state index contributed by atoms with van der Waals surface area (Å²) in [7, 11) is 0. The molecule has 1 aromatic carbocycles. The zero-order chi connectivity index (χ0) is 13.5. The molecule has 0 radical (unpaired) electrons. The maximum Gasteiger partial charge on any atom is 0.373 e. The SMILES string of the molecule is C=C(Cl)C(=O)OC(C)OOC(=O)c1ccccc1. The van der Waals surface area contributed by atoms with Gasteiger partial charge in [0.2, 0.25) is 6.29 Å². The Morgan fingerprint density at radius 3 is 2.44 bits per heavy atom. The molecule has 0 aliphatic rings. The van der Waals surface area contributed by atoms with Gasteiger partial charge < -0.3 is 4.74 Å². The summed E-state index contributed by atoms with van der Waals surface area (Å²) in [4.78, 5) is 31.5. The number of ether oxygens (including phenoxy) is 1. The van der Waals surface area contributed by atoms with Crippen LogP contribution in [0, 0.1) is 0 Å². The van der Waals surface area contributed by atoms with Crippen LogP contribution >= 0.6 is 11.6 Å². The van der Waals surface area contributed by atoms with Crippen LogP contribution in [-0.4, -0.2) is 18.2 Å². The van der Waals surface area contributed by atoms with Gasteiger partial charge in [-0.3, -0.25) is 4.89 Å². The van der Waals surface area contributed by atoms with Gasteiger partial charge in [0.25, 0.3) is 0 Å². The molecule has 96 valence electrons. The second-order valence-electron chi connectivity index (χ2n) is 3.21. The van der Waals surface area contributed by atoms with E-state index in [1.165, 1.54) is 6.92 Å². The van der Waals surface area contributed by atoms with E-state index in [4.69, 9.17) is 11.6 Å². The van der Waals surface area contributed by atoms with Crippen LogP contribution in [0.3, 0.4) is 0 Å². The Kier molecular flexibility index (Phi) is 5.35. The van der Waals surface area contributed by atoms with Gasteiger partial charge in [0.15, 0.2) is 0 Å². The van der Waals surface area contributed by atoms with E-state index in [1.807, 2.05) is 0 Å². The topological polar surface area (TPSA) is 61.8 Å². The molecule has 0 N–H and O–H groups in total. The molecule has 0 spiro atoms. The summed E-state index contributed by atoms with van der Waals surface area (Å²) < 4.78 is 4.63. The van der Waals surface area contributed by atoms with Gasteiger partial charge in [-0.05, 0) is 12.1 Å². The van der Waals surface area contributed by atoms with Gasteiger partial charge in [-0.1, -0.05) is 36.4 Å². The molecule has 18 heavy (non-hydrogen) atoms. The predicted octanol–water partition coefficient (Wildman–Crippen LogP) is 2.42. The summed E-state index contributed by atoms with van der Waals surface area (Å²) in [5.41, 5.74) is 0.317. The number of carbonyl (C=O) groups is 2. The molecule has 0 bridgehead atoms. The van der Waals surface area contributed by atoms with Crippen LogP contribution in [0.5, 0.6) is 0 Å². The standard InChI is InChI=1S/C12H11ClO5/c1-8(13)11(14)16-9(2)17-18-12(15)10-6-4-3-5-7-10/h3-7,9H,1H2,2H3. The Hall–Kier alpha value is -1.85. The monoisotopic (exact) mass is 270 g/mol. The van der Waals surface area contributed by atoms with Crippen molar-refractivity contribution < 1.29 is 24.1 Å². The van der Waals surface area contributed by atoms with Crippen LogP contribution in [0.4, 0.5) is 0 Å². The lowest BCUT2D eigenvalue weighted by Crippen LogP contribution is -2.20. The molecule has 0 fully saturated rings. The Morgan fingerprint density at radius 2 is 1.89 bits per heavy atom. The van der Waals surface area contributed by atoms with Crippen molar-refractivity contribution in [2.75, 3.05) is 0 Å². The predicted molar refractivity (Wildman–Crippen MR) is 63.5 cm³/mol. The Morgan fingerprint density at radius 1 is 1.28 bits per heavy atom. The highest BCUT2D eigenvalue weighted by atomic mass is 35.5. The van der Waals surface area contributed by atoms with E-state index in [-0.39, 0.29) is 5.03 Å². The lowest BCUT2D eigenvalue weighted by Gasteiger charge is -2.11. The second-order valence-corrected chi connectivity index (χ2v) is 3.67. The van der Waals surface area contributed by atoms with E-state index >= 15 is 0 Å². The number of hydrogen-bond acceptors (Lipinski definition) is 5. The number of carbonyl (C=O) groups excluding carboxylic acids is 2. The largest absolute Gasteiger partial charge is 0.428 e. The zero-order valence-corrected chi connectivity index (χ0v) is 10.3. The number of hydrogen-bond donors (Lipinski definition) is 0. The summed E-state index contributed by atoms with van der Waals surface area (Å²) in [5, 5.41) is -0.292. The van der Waals surface area contributed by atoms with Crippen molar-refractivity contribution in [3.63, 3.8) is 0 Å². The van der Waals surface area contributed by atoms with Crippen LogP contribution in [0.25, 0.3) is 0 Å². The van der Waals surface area contributed by atoms with E-state index < -0.39 is 18.2 Å². The van der Waals surface area contributed by atoms with E-state index in [9.17, 15) is 9.59 Å². The van der Waals surface area contributed by atoms with Crippen molar-refractivity contribution in [1.82, 2.24) is 0 Å². The van der Waals surface area contributed by atoms with Gasteiger partial charge in [0, 0.05) is 6.92 Å². The minimum atomic E-state index is -1.08. The van der Waals surface area contributed by atoms with E-state index in [2.05, 4.69) is 21.1 Å². The highest BCUT2D eigenvalue weighted by Crippen LogP contribution is 2.06. The van der Waals surface area contributed by atoms with Crippen molar-refractivity contribution >= 4 is 23.5 Å². The first-order valence-electron chi connectivity index (χ1n) is 4.99. The van der Waals surface area contributed by atoms with Crippen molar-refractivity contribution in [2.24, 2.45) is 0 Å².